The van der Waals surface area contributed by atoms with Gasteiger partial charge >= 0.3 is 0 Å². The van der Waals surface area contributed by atoms with Gasteiger partial charge in [-0.25, -0.2) is 0 Å². The van der Waals surface area contributed by atoms with Gasteiger partial charge in [0.2, 0.25) is 0 Å². The summed E-state index contributed by atoms with van der Waals surface area (Å²) in [6.45, 7) is 7.28. The third-order valence-corrected chi connectivity index (χ3v) is 6.15. The molecule has 5 heteroatoms. The Labute approximate surface area is 178 Å². The number of hydrogen-bond donors (Lipinski definition) is 1. The summed E-state index contributed by atoms with van der Waals surface area (Å²) in [6, 6.07) is 14.0. The third-order valence-electron chi connectivity index (χ3n) is 6.15. The van der Waals surface area contributed by atoms with Gasteiger partial charge in [0.25, 0.3) is 5.91 Å². The fraction of sp³-hybridized carbons (Fsp3) is 0.400. The fourth-order valence-corrected chi connectivity index (χ4v) is 4.39. The van der Waals surface area contributed by atoms with Crippen molar-refractivity contribution < 1.29 is 14.3 Å². The molecular formula is C25H30N2O3. The first kappa shape index (κ1) is 20.5. The van der Waals surface area contributed by atoms with Gasteiger partial charge in [-0.2, -0.15) is 0 Å². The van der Waals surface area contributed by atoms with E-state index in [0.29, 0.717) is 13.1 Å². The monoisotopic (exact) mass is 406 g/mol. The molecular weight excluding hydrogens is 376 g/mol. The highest BCUT2D eigenvalue weighted by Gasteiger charge is 2.38. The van der Waals surface area contributed by atoms with Crippen LogP contribution in [0.15, 0.2) is 48.5 Å². The number of rotatable bonds is 5. The molecule has 0 aliphatic carbocycles. The predicted octanol–water partition coefficient (Wildman–Crippen LogP) is 4.12. The Morgan fingerprint density at radius 2 is 1.80 bits per heavy atom. The van der Waals surface area contributed by atoms with Crippen molar-refractivity contribution in [2.45, 2.75) is 32.3 Å². The van der Waals surface area contributed by atoms with Crippen LogP contribution in [0, 0.1) is 0 Å². The van der Waals surface area contributed by atoms with Crippen LogP contribution in [0.4, 0.5) is 0 Å². The summed E-state index contributed by atoms with van der Waals surface area (Å²) in [6.07, 6.45) is 4.09. The molecule has 1 amide bonds. The molecule has 1 N–H and O–H groups in total. The molecule has 1 saturated heterocycles. The number of carbonyl (C=O) groups is 1. The molecule has 0 atom stereocenters. The van der Waals surface area contributed by atoms with E-state index in [-0.39, 0.29) is 11.5 Å². The second kappa shape index (κ2) is 8.52. The minimum absolute atomic E-state index is 0.0735. The summed E-state index contributed by atoms with van der Waals surface area (Å²) in [5.41, 5.74) is 3.64. The number of para-hydroxylation sites is 1. The lowest BCUT2D eigenvalue weighted by Crippen LogP contribution is -2.46. The number of methoxy groups -OCH3 is 1. The summed E-state index contributed by atoms with van der Waals surface area (Å²) < 4.78 is 12.2. The zero-order valence-corrected chi connectivity index (χ0v) is 18.0. The van der Waals surface area contributed by atoms with E-state index in [9.17, 15) is 4.79 Å². The van der Waals surface area contributed by atoms with Gasteiger partial charge in [0, 0.05) is 37.1 Å². The Morgan fingerprint density at radius 3 is 2.43 bits per heavy atom. The van der Waals surface area contributed by atoms with Gasteiger partial charge in [0.05, 0.1) is 7.11 Å². The molecule has 2 aromatic carbocycles. The summed E-state index contributed by atoms with van der Waals surface area (Å²) in [7, 11) is 1.68. The summed E-state index contributed by atoms with van der Waals surface area (Å²) in [5, 5.41) is 3.42. The molecule has 2 aliphatic rings. The number of hydrogen-bond acceptors (Lipinski definition) is 4. The minimum Gasteiger partial charge on any atom is -0.493 e. The average Bonchev–Trinajstić information content (AvgIpc) is 2.79. The molecule has 158 valence electrons. The Bertz CT molecular complexity index is 939. The summed E-state index contributed by atoms with van der Waals surface area (Å²) in [4.78, 5) is 14.5. The number of carbonyl (C=O) groups excluding carboxylic acids is 1. The molecule has 0 bridgehead atoms. The van der Waals surface area contributed by atoms with E-state index in [1.807, 2.05) is 55.1 Å². The standard InChI is InChI=1S/C25H30N2O3/c1-4-27(5-2)24(28)19-11-9-18(10-12-19)21-17-25(13-15-26-16-14-25)30-23-20(21)7-6-8-22(23)29-3/h6-12,17,26H,4-5,13-16H2,1-3H3. The second-order valence-corrected chi connectivity index (χ2v) is 7.87. The average molecular weight is 407 g/mol. The van der Waals surface area contributed by atoms with Crippen molar-refractivity contribution >= 4 is 11.5 Å². The predicted molar refractivity (Wildman–Crippen MR) is 119 cm³/mol. The van der Waals surface area contributed by atoms with Crippen molar-refractivity contribution in [3.8, 4) is 11.5 Å². The summed E-state index contributed by atoms with van der Waals surface area (Å²) >= 11 is 0. The molecule has 2 aromatic rings. The van der Waals surface area contributed by atoms with Gasteiger partial charge in [0.15, 0.2) is 11.5 Å². The largest absolute Gasteiger partial charge is 0.493 e. The van der Waals surface area contributed by atoms with Crippen molar-refractivity contribution in [1.29, 1.82) is 0 Å². The number of piperidine rings is 1. The number of ether oxygens (including phenoxy) is 2. The van der Waals surface area contributed by atoms with E-state index in [0.717, 1.165) is 59.7 Å². The molecule has 30 heavy (non-hydrogen) atoms. The molecule has 1 spiro atoms. The lowest BCUT2D eigenvalue weighted by molar-refractivity contribution is 0.0770. The van der Waals surface area contributed by atoms with Crippen LogP contribution >= 0.6 is 0 Å². The van der Waals surface area contributed by atoms with Crippen LogP contribution in [0.3, 0.4) is 0 Å². The van der Waals surface area contributed by atoms with Crippen molar-refractivity contribution in [3.05, 3.63) is 65.2 Å². The van der Waals surface area contributed by atoms with E-state index >= 15 is 0 Å². The summed E-state index contributed by atoms with van der Waals surface area (Å²) in [5.74, 6) is 1.64. The number of nitrogens with one attached hydrogen (secondary N) is 1. The minimum atomic E-state index is -0.335. The lowest BCUT2D eigenvalue weighted by Gasteiger charge is -2.40. The number of nitrogens with zero attached hydrogens (tertiary/aromatic N) is 1. The van der Waals surface area contributed by atoms with Crippen LogP contribution in [0.5, 0.6) is 11.5 Å². The highest BCUT2D eigenvalue weighted by Crippen LogP contribution is 2.46. The van der Waals surface area contributed by atoms with Crippen LogP contribution in [-0.2, 0) is 0 Å². The van der Waals surface area contributed by atoms with Gasteiger partial charge in [0.1, 0.15) is 5.60 Å². The van der Waals surface area contributed by atoms with Gasteiger partial charge in [-0.15, -0.1) is 0 Å². The van der Waals surface area contributed by atoms with Crippen LogP contribution in [0.2, 0.25) is 0 Å². The van der Waals surface area contributed by atoms with Gasteiger partial charge in [-0.05, 0) is 62.3 Å². The van der Waals surface area contributed by atoms with Crippen LogP contribution in [-0.4, -0.2) is 49.7 Å². The van der Waals surface area contributed by atoms with Crippen molar-refractivity contribution in [2.24, 2.45) is 0 Å². The maximum atomic E-state index is 12.7. The van der Waals surface area contributed by atoms with Gasteiger partial charge < -0.3 is 19.7 Å². The Hall–Kier alpha value is -2.79. The number of benzene rings is 2. The molecule has 0 radical (unpaired) electrons. The maximum Gasteiger partial charge on any atom is 0.253 e. The van der Waals surface area contributed by atoms with Crippen molar-refractivity contribution in [2.75, 3.05) is 33.3 Å². The van der Waals surface area contributed by atoms with E-state index in [2.05, 4.69) is 17.5 Å². The van der Waals surface area contributed by atoms with Crippen molar-refractivity contribution in [1.82, 2.24) is 10.2 Å². The van der Waals surface area contributed by atoms with Crippen molar-refractivity contribution in [3.63, 3.8) is 0 Å². The van der Waals surface area contributed by atoms with Crippen LogP contribution < -0.4 is 14.8 Å². The van der Waals surface area contributed by atoms with Crippen LogP contribution in [0.1, 0.15) is 48.2 Å². The normalized spacial score (nSPS) is 17.0. The number of amides is 1. The van der Waals surface area contributed by atoms with Gasteiger partial charge in [-0.3, -0.25) is 4.79 Å². The molecule has 0 saturated carbocycles. The van der Waals surface area contributed by atoms with E-state index < -0.39 is 0 Å². The van der Waals surface area contributed by atoms with Crippen LogP contribution in [0.25, 0.3) is 5.57 Å². The topological polar surface area (TPSA) is 50.8 Å². The molecule has 0 unspecified atom stereocenters. The first-order valence-corrected chi connectivity index (χ1v) is 10.8. The van der Waals surface area contributed by atoms with E-state index in [1.165, 1.54) is 0 Å². The number of fused-ring (bicyclic) bond motifs is 1. The van der Waals surface area contributed by atoms with E-state index in [4.69, 9.17) is 9.47 Å². The highest BCUT2D eigenvalue weighted by atomic mass is 16.5. The zero-order valence-electron chi connectivity index (χ0n) is 18.0. The molecule has 2 aliphatic heterocycles. The molecule has 1 fully saturated rings. The highest BCUT2D eigenvalue weighted by molar-refractivity contribution is 5.95. The molecule has 5 nitrogen and oxygen atoms in total. The zero-order chi connectivity index (χ0) is 21.1. The Morgan fingerprint density at radius 1 is 1.10 bits per heavy atom. The second-order valence-electron chi connectivity index (χ2n) is 7.87. The molecule has 4 rings (SSSR count). The smallest absolute Gasteiger partial charge is 0.253 e. The molecule has 2 heterocycles. The Balaban J connectivity index is 1.75. The Kier molecular flexibility index (Phi) is 5.82. The third kappa shape index (κ3) is 3.70. The van der Waals surface area contributed by atoms with Gasteiger partial charge in [-0.1, -0.05) is 24.3 Å². The van der Waals surface area contributed by atoms with E-state index in [1.54, 1.807) is 7.11 Å². The maximum absolute atomic E-state index is 12.7. The SMILES string of the molecule is CCN(CC)C(=O)c1ccc(C2=CC3(CCNCC3)Oc3c(OC)cccc32)cc1. The first-order chi connectivity index (χ1) is 14.6. The lowest BCUT2D eigenvalue weighted by atomic mass is 9.83. The molecule has 0 aromatic heterocycles. The first-order valence-electron chi connectivity index (χ1n) is 10.8. The quantitative estimate of drug-likeness (QED) is 0.811. The fourth-order valence-electron chi connectivity index (χ4n) is 4.39.